The lowest BCUT2D eigenvalue weighted by atomic mass is 9.93. The van der Waals surface area contributed by atoms with Gasteiger partial charge in [0.1, 0.15) is 11.9 Å². The number of hydrogen-bond acceptors (Lipinski definition) is 7. The van der Waals surface area contributed by atoms with Crippen LogP contribution in [0.5, 0.6) is 0 Å². The van der Waals surface area contributed by atoms with Crippen molar-refractivity contribution in [1.29, 1.82) is 5.41 Å². The van der Waals surface area contributed by atoms with Crippen LogP contribution in [0.1, 0.15) is 36.8 Å². The second-order valence-corrected chi connectivity index (χ2v) is 11.9. The van der Waals surface area contributed by atoms with Gasteiger partial charge in [-0.25, -0.2) is 13.2 Å². The summed E-state index contributed by atoms with van der Waals surface area (Å²) in [5.74, 6) is -0.514. The number of amidine groups is 1. The third kappa shape index (κ3) is 9.53. The van der Waals surface area contributed by atoms with E-state index in [4.69, 9.17) is 16.9 Å². The Kier molecular flexibility index (Phi) is 11.8. The summed E-state index contributed by atoms with van der Waals surface area (Å²) < 4.78 is 29.6. The van der Waals surface area contributed by atoms with Crippen LogP contribution in [0.3, 0.4) is 0 Å². The quantitative estimate of drug-likeness (QED) is 0.129. The minimum absolute atomic E-state index is 0.0437. The van der Waals surface area contributed by atoms with Crippen molar-refractivity contribution in [3.8, 4) is 0 Å². The maximum Gasteiger partial charge on any atom is 0.314 e. The summed E-state index contributed by atoms with van der Waals surface area (Å²) in [5, 5.41) is 15.6. The van der Waals surface area contributed by atoms with Crippen molar-refractivity contribution in [1.82, 2.24) is 20.3 Å². The molecule has 228 valence electrons. The van der Waals surface area contributed by atoms with Crippen LogP contribution in [0.4, 0.5) is 10.5 Å². The molecule has 4 amide bonds. The van der Waals surface area contributed by atoms with E-state index in [1.807, 2.05) is 0 Å². The van der Waals surface area contributed by atoms with E-state index < -0.39 is 16.1 Å². The van der Waals surface area contributed by atoms with E-state index in [9.17, 15) is 22.8 Å². The molecule has 42 heavy (non-hydrogen) atoms. The molecular weight excluding hydrogens is 560 g/mol. The number of amides is 4. The van der Waals surface area contributed by atoms with E-state index in [0.29, 0.717) is 42.4 Å². The molecule has 14 heteroatoms. The number of carbonyl (C=O) groups is 3. The van der Waals surface area contributed by atoms with Crippen molar-refractivity contribution < 1.29 is 22.8 Å². The van der Waals surface area contributed by atoms with Gasteiger partial charge < -0.3 is 32.3 Å². The molecule has 1 aliphatic rings. The second-order valence-electron chi connectivity index (χ2n) is 10.2. The largest absolute Gasteiger partial charge is 0.384 e. The van der Waals surface area contributed by atoms with Crippen LogP contribution < -0.4 is 32.1 Å². The Labute approximate surface area is 246 Å². The Morgan fingerprint density at radius 3 is 2.48 bits per heavy atom. The molecule has 0 unspecified atom stereocenters. The molecule has 0 saturated carbocycles. The van der Waals surface area contributed by atoms with Crippen LogP contribution in [0.25, 0.3) is 0 Å². The van der Waals surface area contributed by atoms with Crippen LogP contribution in [0.2, 0.25) is 0 Å². The van der Waals surface area contributed by atoms with Gasteiger partial charge >= 0.3 is 6.03 Å². The summed E-state index contributed by atoms with van der Waals surface area (Å²) in [6.45, 7) is 1.60. The second kappa shape index (κ2) is 15.3. The van der Waals surface area contributed by atoms with E-state index in [-0.39, 0.29) is 48.0 Å². The summed E-state index contributed by atoms with van der Waals surface area (Å²) in [5.41, 5.74) is 12.5. The van der Waals surface area contributed by atoms with Gasteiger partial charge in [0.2, 0.25) is 21.8 Å². The number of nitrogens with two attached hydrogens (primary N) is 2. The Bertz CT molecular complexity index is 1380. The highest BCUT2D eigenvalue weighted by Gasteiger charge is 2.32. The van der Waals surface area contributed by atoms with Crippen LogP contribution >= 0.6 is 0 Å². The number of likely N-dealkylation sites (tertiary alicyclic amines) is 1. The van der Waals surface area contributed by atoms with E-state index in [1.165, 1.54) is 18.2 Å². The number of benzene rings is 2. The number of hydrogen-bond donors (Lipinski definition) is 7. The molecule has 0 radical (unpaired) electrons. The van der Waals surface area contributed by atoms with Crippen molar-refractivity contribution >= 4 is 39.4 Å². The van der Waals surface area contributed by atoms with Gasteiger partial charge in [-0.15, -0.1) is 0 Å². The lowest BCUT2D eigenvalue weighted by molar-refractivity contribution is -0.134. The number of anilines is 1. The van der Waals surface area contributed by atoms with Crippen molar-refractivity contribution in [3.05, 3.63) is 59.7 Å². The van der Waals surface area contributed by atoms with Crippen LogP contribution in [0.15, 0.2) is 53.4 Å². The van der Waals surface area contributed by atoms with Crippen molar-refractivity contribution in [2.45, 2.75) is 43.0 Å². The van der Waals surface area contributed by atoms with Crippen LogP contribution in [-0.2, 0) is 26.0 Å². The molecule has 13 nitrogen and oxygen atoms in total. The van der Waals surface area contributed by atoms with E-state index in [0.717, 1.165) is 19.3 Å². The molecular formula is C28H40N8O5S. The molecule has 2 aromatic rings. The molecule has 9 N–H and O–H groups in total. The predicted octanol–water partition coefficient (Wildman–Crippen LogP) is 0.705. The Balaban J connectivity index is 1.78. The lowest BCUT2D eigenvalue weighted by Crippen LogP contribution is -2.51. The fourth-order valence-corrected chi connectivity index (χ4v) is 6.01. The standard InChI is InChI=1S/C28H40N8O5S/c1-32-28(39)33-13-9-19-10-14-36(15-11-19)27(38)24(17-20-4-2-5-21(16-20)26(30)31)35-42(40,41)23-7-3-6-22(18-23)34-25(37)8-12-29/h2-7,16,18-19,24,35H,8-15,17,29H2,1H3,(H3,30,31)(H,34,37)(H2,32,33,39)/t24-/m1/s1. The third-order valence-corrected chi connectivity index (χ3v) is 8.53. The number of piperidine rings is 1. The first-order chi connectivity index (χ1) is 20.0. The molecule has 0 aliphatic carbocycles. The van der Waals surface area contributed by atoms with Crippen molar-refractivity contribution in [3.63, 3.8) is 0 Å². The summed E-state index contributed by atoms with van der Waals surface area (Å²) in [6, 6.07) is 11.2. The summed E-state index contributed by atoms with van der Waals surface area (Å²) in [4.78, 5) is 38.7. The third-order valence-electron chi connectivity index (χ3n) is 7.06. The monoisotopic (exact) mass is 600 g/mol. The van der Waals surface area contributed by atoms with Gasteiger partial charge in [0.25, 0.3) is 0 Å². The lowest BCUT2D eigenvalue weighted by Gasteiger charge is -2.34. The highest BCUT2D eigenvalue weighted by molar-refractivity contribution is 7.89. The van der Waals surface area contributed by atoms with Gasteiger partial charge in [0, 0.05) is 50.9 Å². The van der Waals surface area contributed by atoms with E-state index in [1.54, 1.807) is 42.3 Å². The van der Waals surface area contributed by atoms with Gasteiger partial charge in [-0.3, -0.25) is 15.0 Å². The number of urea groups is 1. The number of sulfonamides is 1. The maximum atomic E-state index is 13.8. The molecule has 1 atom stereocenters. The zero-order valence-electron chi connectivity index (χ0n) is 23.7. The minimum Gasteiger partial charge on any atom is -0.384 e. The Morgan fingerprint density at radius 2 is 1.81 bits per heavy atom. The molecule has 0 spiro atoms. The molecule has 0 aromatic heterocycles. The van der Waals surface area contributed by atoms with Crippen LogP contribution in [-0.4, -0.2) is 76.3 Å². The average molecular weight is 601 g/mol. The number of carbonyl (C=O) groups excluding carboxylic acids is 3. The minimum atomic E-state index is -4.18. The maximum absolute atomic E-state index is 13.8. The fraction of sp³-hybridized carbons (Fsp3) is 0.429. The molecule has 1 saturated heterocycles. The Hall–Kier alpha value is -4.01. The molecule has 0 bridgehead atoms. The SMILES string of the molecule is CNC(=O)NCCC1CCN(C(=O)[C@@H](Cc2cccc(C(=N)N)c2)NS(=O)(=O)c2cccc(NC(=O)CCN)c2)CC1. The van der Waals surface area contributed by atoms with Crippen molar-refractivity contribution in [2.24, 2.45) is 17.4 Å². The van der Waals surface area contributed by atoms with Crippen LogP contribution in [0, 0.1) is 11.3 Å². The average Bonchev–Trinajstić information content (AvgIpc) is 2.97. The van der Waals surface area contributed by atoms with Gasteiger partial charge in [-0.2, -0.15) is 4.72 Å². The first-order valence-corrected chi connectivity index (χ1v) is 15.3. The van der Waals surface area contributed by atoms with E-state index in [2.05, 4.69) is 20.7 Å². The number of nitrogens with one attached hydrogen (secondary N) is 5. The number of nitrogens with zero attached hydrogens (tertiary/aromatic N) is 1. The van der Waals surface area contributed by atoms with E-state index >= 15 is 0 Å². The molecule has 2 aromatic carbocycles. The molecule has 3 rings (SSSR count). The van der Waals surface area contributed by atoms with Gasteiger partial charge in [0.05, 0.1) is 4.90 Å². The normalized spacial score (nSPS) is 14.6. The summed E-state index contributed by atoms with van der Waals surface area (Å²) in [6.07, 6.45) is 2.37. The number of nitrogen functional groups attached to an aromatic ring is 1. The summed E-state index contributed by atoms with van der Waals surface area (Å²) in [7, 11) is -2.63. The summed E-state index contributed by atoms with van der Waals surface area (Å²) >= 11 is 0. The Morgan fingerprint density at radius 1 is 1.10 bits per heavy atom. The smallest absolute Gasteiger partial charge is 0.314 e. The predicted molar refractivity (Wildman–Crippen MR) is 160 cm³/mol. The first kappa shape index (κ1) is 32.5. The fourth-order valence-electron chi connectivity index (χ4n) is 4.77. The van der Waals surface area contributed by atoms with Gasteiger partial charge in [0.15, 0.2) is 0 Å². The molecule has 1 heterocycles. The van der Waals surface area contributed by atoms with Gasteiger partial charge in [-0.1, -0.05) is 24.3 Å². The first-order valence-electron chi connectivity index (χ1n) is 13.8. The highest BCUT2D eigenvalue weighted by Crippen LogP contribution is 2.22. The number of rotatable bonds is 13. The zero-order chi connectivity index (χ0) is 30.7. The van der Waals surface area contributed by atoms with Crippen molar-refractivity contribution in [2.75, 3.05) is 38.5 Å². The topological polar surface area (TPSA) is 213 Å². The zero-order valence-corrected chi connectivity index (χ0v) is 24.5. The highest BCUT2D eigenvalue weighted by atomic mass is 32.2. The molecule has 1 fully saturated rings. The molecule has 1 aliphatic heterocycles. The van der Waals surface area contributed by atoms with Gasteiger partial charge in [-0.05, 0) is 61.4 Å².